The average Bonchev–Trinajstić information content (AvgIpc) is 3.25. The van der Waals surface area contributed by atoms with E-state index in [-0.39, 0.29) is 19.1 Å². The van der Waals surface area contributed by atoms with Crippen molar-refractivity contribution >= 4 is 13.7 Å². The Morgan fingerprint density at radius 1 is 0.516 bits per heavy atom. The first-order valence-electron chi connectivity index (χ1n) is 28.1. The van der Waals surface area contributed by atoms with E-state index >= 15 is 0 Å². The minimum absolute atomic E-state index is 0.0772. The van der Waals surface area contributed by atoms with Crippen LogP contribution in [0.1, 0.15) is 284 Å². The summed E-state index contributed by atoms with van der Waals surface area (Å²) in [7, 11) is 1.63. The molecule has 0 spiro atoms. The Bertz CT molecular complexity index is 1050. The Balaban J connectivity index is 3.96. The molecule has 382 valence electrons. The van der Waals surface area contributed by atoms with Crippen LogP contribution in [0.4, 0.5) is 0 Å². The molecular weight excluding hydrogens is 816 g/mol. The van der Waals surface area contributed by atoms with E-state index in [1.54, 1.807) is 0 Å². The molecule has 0 saturated carbocycles. The van der Waals surface area contributed by atoms with E-state index in [0.29, 0.717) is 23.9 Å². The highest BCUT2D eigenvalue weighted by Gasteiger charge is 2.28. The highest BCUT2D eigenvalue weighted by molar-refractivity contribution is 7.47. The summed E-state index contributed by atoms with van der Waals surface area (Å²) in [6.07, 6.45) is 57.1. The minimum atomic E-state index is -4.31. The highest BCUT2D eigenvalue weighted by Crippen LogP contribution is 2.43. The summed E-state index contributed by atoms with van der Waals surface area (Å²) >= 11 is 0. The number of amides is 1. The van der Waals surface area contributed by atoms with Crippen molar-refractivity contribution in [1.82, 2.24) is 5.32 Å². The second kappa shape index (κ2) is 47.3. The van der Waals surface area contributed by atoms with Crippen LogP contribution in [0, 0.1) is 0 Å². The first-order chi connectivity index (χ1) is 31.0. The van der Waals surface area contributed by atoms with Crippen LogP contribution < -0.4 is 5.32 Å². The van der Waals surface area contributed by atoms with Gasteiger partial charge in [0.25, 0.3) is 0 Å². The van der Waals surface area contributed by atoms with Gasteiger partial charge in [-0.1, -0.05) is 251 Å². The molecule has 0 rings (SSSR count). The number of aliphatic hydroxyl groups excluding tert-OH is 1. The number of hydrogen-bond acceptors (Lipinski definition) is 5. The van der Waals surface area contributed by atoms with Crippen molar-refractivity contribution in [3.8, 4) is 0 Å². The number of allylic oxidation sites excluding steroid dienone is 2. The van der Waals surface area contributed by atoms with Gasteiger partial charge in [0.1, 0.15) is 13.2 Å². The molecule has 0 fully saturated rings. The molecule has 0 aliphatic heterocycles. The summed E-state index contributed by atoms with van der Waals surface area (Å²) in [6, 6.07) is -0.755. The molecule has 0 aromatic carbocycles. The fourth-order valence-corrected chi connectivity index (χ4v) is 9.31. The third-order valence-electron chi connectivity index (χ3n) is 13.0. The van der Waals surface area contributed by atoms with Crippen molar-refractivity contribution < 1.29 is 32.9 Å². The number of carbonyl (C=O) groups excluding carboxylic acids is 1. The molecule has 3 atom stereocenters. The molecule has 64 heavy (non-hydrogen) atoms. The number of nitrogens with zero attached hydrogens (tertiary/aromatic N) is 1. The third kappa shape index (κ3) is 49.2. The molecule has 0 aromatic rings. The van der Waals surface area contributed by atoms with Crippen LogP contribution in [0.2, 0.25) is 0 Å². The van der Waals surface area contributed by atoms with Crippen LogP contribution in [0.5, 0.6) is 0 Å². The van der Waals surface area contributed by atoms with E-state index in [1.807, 2.05) is 21.1 Å². The van der Waals surface area contributed by atoms with Crippen LogP contribution in [-0.2, 0) is 18.4 Å². The van der Waals surface area contributed by atoms with E-state index in [4.69, 9.17) is 9.05 Å². The number of rotatable bonds is 52. The third-order valence-corrected chi connectivity index (χ3v) is 14.0. The lowest BCUT2D eigenvalue weighted by molar-refractivity contribution is -0.870. The molecule has 0 aliphatic rings. The minimum Gasteiger partial charge on any atom is -0.391 e. The predicted molar refractivity (Wildman–Crippen MR) is 277 cm³/mol. The largest absolute Gasteiger partial charge is 0.472 e. The fraction of sp³-hybridized carbons (Fsp3) is 0.945. The second-order valence-corrected chi connectivity index (χ2v) is 22.1. The van der Waals surface area contributed by atoms with Crippen LogP contribution in [0.25, 0.3) is 0 Å². The molecule has 9 heteroatoms. The van der Waals surface area contributed by atoms with E-state index in [9.17, 15) is 19.4 Å². The first kappa shape index (κ1) is 63.2. The molecule has 0 bridgehead atoms. The van der Waals surface area contributed by atoms with E-state index in [2.05, 4.69) is 31.3 Å². The van der Waals surface area contributed by atoms with Gasteiger partial charge < -0.3 is 19.8 Å². The van der Waals surface area contributed by atoms with Gasteiger partial charge in [0.2, 0.25) is 5.91 Å². The van der Waals surface area contributed by atoms with Gasteiger partial charge in [0.05, 0.1) is 39.9 Å². The zero-order chi connectivity index (χ0) is 47.1. The zero-order valence-corrected chi connectivity index (χ0v) is 44.4. The topological polar surface area (TPSA) is 105 Å². The summed E-state index contributed by atoms with van der Waals surface area (Å²) in [5.41, 5.74) is 0. The lowest BCUT2D eigenvalue weighted by atomic mass is 10.0. The number of unbranched alkanes of at least 4 members (excludes halogenated alkanes) is 37. The van der Waals surface area contributed by atoms with Gasteiger partial charge in [-0.05, 0) is 38.5 Å². The molecule has 1 amide bonds. The van der Waals surface area contributed by atoms with Crippen LogP contribution in [0.15, 0.2) is 12.2 Å². The molecular formula is C55H112N2O6P+. The average molecular weight is 928 g/mol. The summed E-state index contributed by atoms with van der Waals surface area (Å²) in [5.74, 6) is -0.141. The monoisotopic (exact) mass is 928 g/mol. The molecule has 8 nitrogen and oxygen atoms in total. The maximum atomic E-state index is 12.9. The Kier molecular flexibility index (Phi) is 46.8. The maximum absolute atomic E-state index is 12.9. The van der Waals surface area contributed by atoms with Gasteiger partial charge in [-0.15, -0.1) is 0 Å². The van der Waals surface area contributed by atoms with Gasteiger partial charge in [-0.3, -0.25) is 13.8 Å². The van der Waals surface area contributed by atoms with E-state index < -0.39 is 20.0 Å². The first-order valence-corrected chi connectivity index (χ1v) is 29.5. The number of nitrogens with one attached hydrogen (secondary N) is 1. The van der Waals surface area contributed by atoms with Gasteiger partial charge in [0.15, 0.2) is 0 Å². The lowest BCUT2D eigenvalue weighted by Gasteiger charge is -2.26. The van der Waals surface area contributed by atoms with Crippen molar-refractivity contribution in [3.63, 3.8) is 0 Å². The van der Waals surface area contributed by atoms with Gasteiger partial charge in [0, 0.05) is 6.42 Å². The lowest BCUT2D eigenvalue weighted by Crippen LogP contribution is -2.46. The molecule has 0 radical (unpaired) electrons. The SMILES string of the molecule is CCCCCCCCCCCCCC/C=C\CCCCCCCCCCCCCCCCCC(=O)NC(COP(=O)(O)OCC[N+](C)(C)C)C(O)CCCCCCCCCCCCC. The Morgan fingerprint density at radius 2 is 0.844 bits per heavy atom. The maximum Gasteiger partial charge on any atom is 0.472 e. The quantitative estimate of drug-likeness (QED) is 0.0243. The highest BCUT2D eigenvalue weighted by atomic mass is 31.2. The van der Waals surface area contributed by atoms with E-state index in [0.717, 1.165) is 38.5 Å². The number of hydrogen-bond donors (Lipinski definition) is 3. The second-order valence-electron chi connectivity index (χ2n) is 20.7. The number of quaternary nitrogens is 1. The molecule has 0 aliphatic carbocycles. The number of likely N-dealkylation sites (N-methyl/N-ethyl adjacent to an activating group) is 1. The van der Waals surface area contributed by atoms with Crippen molar-refractivity contribution in [2.24, 2.45) is 0 Å². The summed E-state index contributed by atoms with van der Waals surface area (Å²) in [6.45, 7) is 4.91. The molecule has 0 saturated heterocycles. The van der Waals surface area contributed by atoms with Crippen LogP contribution in [0.3, 0.4) is 0 Å². The molecule has 0 heterocycles. The van der Waals surface area contributed by atoms with Crippen molar-refractivity contribution in [2.45, 2.75) is 296 Å². The van der Waals surface area contributed by atoms with E-state index in [1.165, 1.54) is 218 Å². The Hall–Kier alpha value is -0.760. The van der Waals surface area contributed by atoms with Crippen LogP contribution in [-0.4, -0.2) is 73.4 Å². The number of aliphatic hydroxyl groups is 1. The summed E-state index contributed by atoms with van der Waals surface area (Å²) in [4.78, 5) is 23.2. The molecule has 3 N–H and O–H groups in total. The molecule has 0 aromatic heterocycles. The van der Waals surface area contributed by atoms with Gasteiger partial charge in [-0.2, -0.15) is 0 Å². The number of phosphoric acid groups is 1. The Morgan fingerprint density at radius 3 is 1.20 bits per heavy atom. The normalized spacial score (nSPS) is 14.0. The van der Waals surface area contributed by atoms with Gasteiger partial charge in [-0.25, -0.2) is 4.57 Å². The Labute approximate surface area is 399 Å². The van der Waals surface area contributed by atoms with Crippen LogP contribution >= 0.6 is 7.82 Å². The predicted octanol–water partition coefficient (Wildman–Crippen LogP) is 16.7. The fourth-order valence-electron chi connectivity index (χ4n) is 8.57. The van der Waals surface area contributed by atoms with Gasteiger partial charge >= 0.3 is 7.82 Å². The van der Waals surface area contributed by atoms with Crippen molar-refractivity contribution in [1.29, 1.82) is 0 Å². The number of phosphoric ester groups is 1. The number of carbonyl (C=O) groups is 1. The van der Waals surface area contributed by atoms with Crippen molar-refractivity contribution in [2.75, 3.05) is 40.9 Å². The molecule has 3 unspecified atom stereocenters. The zero-order valence-electron chi connectivity index (χ0n) is 43.6. The smallest absolute Gasteiger partial charge is 0.391 e. The standard InChI is InChI=1S/C55H111N2O6P/c1-6-8-10-12-14-16-18-19-20-21-22-23-24-25-26-27-28-29-30-31-32-33-34-35-36-37-39-41-43-45-47-49-55(59)56-53(52-63-64(60,61)62-51-50-57(3,4)5)54(58)48-46-44-42-40-38-17-15-13-11-9-7-2/h25-26,53-54,58H,6-24,27-52H2,1-5H3,(H-,56,59,60,61)/p+1/b26-25-. The van der Waals surface area contributed by atoms with Crippen molar-refractivity contribution in [3.05, 3.63) is 12.2 Å². The summed E-state index contributed by atoms with van der Waals surface area (Å²) in [5, 5.41) is 14.0. The summed E-state index contributed by atoms with van der Waals surface area (Å²) < 4.78 is 23.7.